The molecule has 0 spiro atoms. The van der Waals surface area contributed by atoms with E-state index >= 15 is 0 Å². The summed E-state index contributed by atoms with van der Waals surface area (Å²) in [5.74, 6) is -0.796. The Labute approximate surface area is 149 Å². The van der Waals surface area contributed by atoms with E-state index in [1.165, 1.54) is 19.4 Å². The van der Waals surface area contributed by atoms with Gasteiger partial charge in [0.15, 0.2) is 0 Å². The maximum absolute atomic E-state index is 13.9. The van der Waals surface area contributed by atoms with Crippen molar-refractivity contribution in [1.29, 1.82) is 5.26 Å². The average molecular weight is 371 g/mol. The van der Waals surface area contributed by atoms with E-state index in [9.17, 15) is 12.8 Å². The first-order valence-corrected chi connectivity index (χ1v) is 8.97. The minimum absolute atomic E-state index is 0.0109. The topological polar surface area (TPSA) is 95.0 Å². The fourth-order valence-electron chi connectivity index (χ4n) is 2.41. The van der Waals surface area contributed by atoms with Crippen molar-refractivity contribution in [1.82, 2.24) is 4.98 Å². The van der Waals surface area contributed by atoms with Crippen LogP contribution in [0, 0.1) is 17.1 Å². The molecule has 8 heteroatoms. The quantitative estimate of drug-likeness (QED) is 0.717. The summed E-state index contributed by atoms with van der Waals surface area (Å²) in [6, 6.07) is 14.4. The lowest BCUT2D eigenvalue weighted by molar-refractivity contribution is 0.415. The number of sulfonamides is 1. The standard InChI is InChI=1S/C18H14FN3O3S/c1-25-18-7-13(10-20)15(19)9-17(18)22-26(23,24)14-8-16(21-11-14)12-5-3-2-4-6-12/h2-9,11,21-22H,1H3. The first kappa shape index (κ1) is 17.5. The summed E-state index contributed by atoms with van der Waals surface area (Å²) < 4.78 is 46.4. The maximum Gasteiger partial charge on any atom is 0.263 e. The Bertz CT molecular complexity index is 1090. The van der Waals surface area contributed by atoms with Crippen molar-refractivity contribution in [2.75, 3.05) is 11.8 Å². The Kier molecular flexibility index (Phi) is 4.65. The molecule has 1 aromatic heterocycles. The molecule has 2 aromatic carbocycles. The van der Waals surface area contributed by atoms with E-state index in [2.05, 4.69) is 9.71 Å². The van der Waals surface area contributed by atoms with Crippen molar-refractivity contribution < 1.29 is 17.5 Å². The molecule has 3 rings (SSSR count). The van der Waals surface area contributed by atoms with Crippen molar-refractivity contribution >= 4 is 15.7 Å². The summed E-state index contributed by atoms with van der Waals surface area (Å²) in [6.45, 7) is 0. The van der Waals surface area contributed by atoms with Crippen LogP contribution < -0.4 is 9.46 Å². The summed E-state index contributed by atoms with van der Waals surface area (Å²) in [4.78, 5) is 2.89. The van der Waals surface area contributed by atoms with E-state index in [1.54, 1.807) is 6.07 Å². The fourth-order valence-corrected chi connectivity index (χ4v) is 3.46. The van der Waals surface area contributed by atoms with E-state index in [0.717, 1.165) is 17.7 Å². The molecule has 2 N–H and O–H groups in total. The van der Waals surface area contributed by atoms with E-state index in [-0.39, 0.29) is 21.9 Å². The van der Waals surface area contributed by atoms with Gasteiger partial charge in [-0.3, -0.25) is 4.72 Å². The molecule has 0 aliphatic carbocycles. The molecule has 0 bridgehead atoms. The van der Waals surface area contributed by atoms with E-state index in [1.807, 2.05) is 30.3 Å². The molecule has 132 valence electrons. The number of aromatic amines is 1. The zero-order valence-electron chi connectivity index (χ0n) is 13.7. The zero-order valence-corrected chi connectivity index (χ0v) is 14.5. The second kappa shape index (κ2) is 6.90. The van der Waals surface area contributed by atoms with Gasteiger partial charge in [0.25, 0.3) is 10.0 Å². The zero-order chi connectivity index (χ0) is 18.7. The Balaban J connectivity index is 1.94. The Morgan fingerprint density at radius 3 is 2.58 bits per heavy atom. The van der Waals surface area contributed by atoms with Gasteiger partial charge < -0.3 is 9.72 Å². The van der Waals surface area contributed by atoms with Gasteiger partial charge >= 0.3 is 0 Å². The maximum atomic E-state index is 13.9. The smallest absolute Gasteiger partial charge is 0.263 e. The van der Waals surface area contributed by atoms with Crippen LogP contribution in [0.15, 0.2) is 59.6 Å². The van der Waals surface area contributed by atoms with Gasteiger partial charge in [0.1, 0.15) is 22.5 Å². The van der Waals surface area contributed by atoms with Gasteiger partial charge in [-0.1, -0.05) is 30.3 Å². The Morgan fingerprint density at radius 2 is 1.92 bits per heavy atom. The molecule has 6 nitrogen and oxygen atoms in total. The molecule has 0 aliphatic heterocycles. The van der Waals surface area contributed by atoms with Crippen LogP contribution in [-0.2, 0) is 10.0 Å². The molecule has 1 heterocycles. The summed E-state index contributed by atoms with van der Waals surface area (Å²) in [6.07, 6.45) is 1.34. The second-order valence-electron chi connectivity index (χ2n) is 5.36. The van der Waals surface area contributed by atoms with Gasteiger partial charge in [-0.15, -0.1) is 0 Å². The second-order valence-corrected chi connectivity index (χ2v) is 7.05. The number of aromatic nitrogens is 1. The predicted octanol–water partition coefficient (Wildman–Crippen LogP) is 3.50. The van der Waals surface area contributed by atoms with Gasteiger partial charge in [0.05, 0.1) is 18.4 Å². The highest BCUT2D eigenvalue weighted by Crippen LogP contribution is 2.30. The third-order valence-electron chi connectivity index (χ3n) is 3.71. The first-order chi connectivity index (χ1) is 12.4. The van der Waals surface area contributed by atoms with Gasteiger partial charge in [0.2, 0.25) is 0 Å². The highest BCUT2D eigenvalue weighted by atomic mass is 32.2. The molecular weight excluding hydrogens is 357 g/mol. The van der Waals surface area contributed by atoms with Crippen LogP contribution in [0.1, 0.15) is 5.56 Å². The van der Waals surface area contributed by atoms with Crippen LogP contribution in [0.2, 0.25) is 0 Å². The number of anilines is 1. The molecule has 0 aliphatic rings. The predicted molar refractivity (Wildman–Crippen MR) is 94.7 cm³/mol. The fraction of sp³-hybridized carbons (Fsp3) is 0.0556. The number of hydrogen-bond acceptors (Lipinski definition) is 4. The Morgan fingerprint density at radius 1 is 1.19 bits per heavy atom. The molecule has 3 aromatic rings. The Hall–Kier alpha value is -3.31. The van der Waals surface area contributed by atoms with Crippen molar-refractivity contribution in [2.24, 2.45) is 0 Å². The molecule has 0 saturated carbocycles. The third-order valence-corrected chi connectivity index (χ3v) is 5.05. The summed E-state index contributed by atoms with van der Waals surface area (Å²) in [5.41, 5.74) is 1.13. The first-order valence-electron chi connectivity index (χ1n) is 7.49. The minimum Gasteiger partial charge on any atom is -0.495 e. The number of nitrogens with zero attached hydrogens (tertiary/aromatic N) is 1. The minimum atomic E-state index is -3.98. The van der Waals surface area contributed by atoms with E-state index < -0.39 is 15.8 Å². The van der Waals surface area contributed by atoms with E-state index in [4.69, 9.17) is 10.00 Å². The number of methoxy groups -OCH3 is 1. The number of hydrogen-bond donors (Lipinski definition) is 2. The molecule has 0 atom stereocenters. The molecule has 0 saturated heterocycles. The molecular formula is C18H14FN3O3S. The normalized spacial score (nSPS) is 11.0. The molecule has 0 amide bonds. The van der Waals surface area contributed by atoms with Crippen LogP contribution in [0.3, 0.4) is 0 Å². The van der Waals surface area contributed by atoms with Gasteiger partial charge in [-0.25, -0.2) is 12.8 Å². The van der Waals surface area contributed by atoms with Gasteiger partial charge in [-0.2, -0.15) is 5.26 Å². The van der Waals surface area contributed by atoms with Crippen LogP contribution >= 0.6 is 0 Å². The highest BCUT2D eigenvalue weighted by Gasteiger charge is 2.20. The van der Waals surface area contributed by atoms with Crippen molar-refractivity contribution in [3.63, 3.8) is 0 Å². The van der Waals surface area contributed by atoms with Crippen LogP contribution in [-0.4, -0.2) is 20.5 Å². The lowest BCUT2D eigenvalue weighted by atomic mass is 10.2. The van der Waals surface area contributed by atoms with E-state index in [0.29, 0.717) is 5.69 Å². The lowest BCUT2D eigenvalue weighted by Crippen LogP contribution is -2.13. The SMILES string of the molecule is COc1cc(C#N)c(F)cc1NS(=O)(=O)c1c[nH]c(-c2ccccc2)c1. The third kappa shape index (κ3) is 3.38. The number of nitrogens with one attached hydrogen (secondary N) is 2. The number of rotatable bonds is 5. The van der Waals surface area contributed by atoms with Crippen LogP contribution in [0.4, 0.5) is 10.1 Å². The molecule has 0 radical (unpaired) electrons. The number of benzene rings is 2. The van der Waals surface area contributed by atoms with Gasteiger partial charge in [-0.05, 0) is 11.6 Å². The highest BCUT2D eigenvalue weighted by molar-refractivity contribution is 7.92. The number of H-pyrrole nitrogens is 1. The summed E-state index contributed by atoms with van der Waals surface area (Å²) >= 11 is 0. The number of nitriles is 1. The average Bonchev–Trinajstić information content (AvgIpc) is 3.14. The van der Waals surface area contributed by atoms with Crippen LogP contribution in [0.5, 0.6) is 5.75 Å². The monoisotopic (exact) mass is 371 g/mol. The molecule has 0 fully saturated rings. The van der Waals surface area contributed by atoms with Gasteiger partial charge in [0, 0.05) is 24.0 Å². The lowest BCUT2D eigenvalue weighted by Gasteiger charge is -2.11. The molecule has 0 unspecified atom stereocenters. The molecule has 26 heavy (non-hydrogen) atoms. The number of halogens is 1. The van der Waals surface area contributed by atoms with Crippen molar-refractivity contribution in [3.05, 3.63) is 66.1 Å². The van der Waals surface area contributed by atoms with Crippen LogP contribution in [0.25, 0.3) is 11.3 Å². The van der Waals surface area contributed by atoms with Crippen molar-refractivity contribution in [3.8, 4) is 23.1 Å². The largest absolute Gasteiger partial charge is 0.495 e. The summed E-state index contributed by atoms with van der Waals surface area (Å²) in [5, 5.41) is 8.86. The number of ether oxygens (including phenoxy) is 1. The summed E-state index contributed by atoms with van der Waals surface area (Å²) in [7, 11) is -2.68. The van der Waals surface area contributed by atoms with Crippen molar-refractivity contribution in [2.45, 2.75) is 4.90 Å².